The number of hydrogen-bond donors (Lipinski definition) is 1. The lowest BCUT2D eigenvalue weighted by molar-refractivity contribution is -0.139. The van der Waals surface area contributed by atoms with Gasteiger partial charge in [-0.3, -0.25) is 4.79 Å². The number of allylic oxidation sites excluding steroid dienone is 1. The molecule has 0 aliphatic heterocycles. The Morgan fingerprint density at radius 3 is 2.58 bits per heavy atom. The van der Waals surface area contributed by atoms with Crippen LogP contribution in [0.4, 0.5) is 0 Å². The molecule has 100 valence electrons. The third-order valence-corrected chi connectivity index (χ3v) is 3.62. The van der Waals surface area contributed by atoms with Crippen molar-refractivity contribution in [3.63, 3.8) is 0 Å². The van der Waals surface area contributed by atoms with E-state index in [1.165, 1.54) is 6.07 Å². The van der Waals surface area contributed by atoms with Gasteiger partial charge in [0.1, 0.15) is 10.8 Å². The van der Waals surface area contributed by atoms with Crippen molar-refractivity contribution in [2.24, 2.45) is 0 Å². The first-order chi connectivity index (χ1) is 8.99. The lowest BCUT2D eigenvalue weighted by Gasteiger charge is -2.15. The molecule has 1 aromatic rings. The molecule has 0 heterocycles. The molecular weight excluding hydrogens is 291 g/mol. The molecule has 0 radical (unpaired) electrons. The van der Waals surface area contributed by atoms with E-state index in [0.29, 0.717) is 12.0 Å². The van der Waals surface area contributed by atoms with Crippen LogP contribution >= 0.6 is 23.2 Å². The van der Waals surface area contributed by atoms with Gasteiger partial charge in [0.05, 0.1) is 5.02 Å². The van der Waals surface area contributed by atoms with E-state index >= 15 is 0 Å². The van der Waals surface area contributed by atoms with Crippen molar-refractivity contribution >= 4 is 41.0 Å². The molecule has 1 N–H and O–H groups in total. The number of carbonyl (C=O) groups excluding carboxylic acids is 1. The summed E-state index contributed by atoms with van der Waals surface area (Å²) in [5, 5.41) is 8.92. The molecule has 0 aromatic heterocycles. The molecule has 19 heavy (non-hydrogen) atoms. The van der Waals surface area contributed by atoms with Gasteiger partial charge in [-0.25, -0.2) is 4.79 Å². The molecule has 0 amide bonds. The molecule has 0 spiro atoms. The summed E-state index contributed by atoms with van der Waals surface area (Å²) in [6.45, 7) is -0.491. The fraction of sp³-hybridized carbons (Fsp3) is 0.231. The summed E-state index contributed by atoms with van der Waals surface area (Å²) in [7, 11) is 0. The highest BCUT2D eigenvalue weighted by Gasteiger charge is 2.21. The maximum atomic E-state index is 11.2. The molecule has 1 aromatic carbocycles. The normalized spacial score (nSPS) is 16.3. The highest BCUT2D eigenvalue weighted by atomic mass is 35.5. The van der Waals surface area contributed by atoms with Crippen molar-refractivity contribution in [2.75, 3.05) is 6.61 Å². The first-order valence-corrected chi connectivity index (χ1v) is 6.31. The first-order valence-electron chi connectivity index (χ1n) is 5.55. The number of hydrogen-bond acceptors (Lipinski definition) is 3. The summed E-state index contributed by atoms with van der Waals surface area (Å²) in [4.78, 5) is 21.7. The largest absolute Gasteiger partial charge is 0.480 e. The van der Waals surface area contributed by atoms with Crippen LogP contribution in [0.1, 0.15) is 18.4 Å². The molecule has 2 rings (SSSR count). The third-order valence-electron chi connectivity index (χ3n) is 2.74. The standard InChI is InChI=1S/C13H10Cl2O4/c14-12-8(5-7-1-3-9(7)16)2-4-10(13(12)15)19-6-11(17)18/h2,4-5H,1,3,6H2,(H,17,18)/b7-5+. The van der Waals surface area contributed by atoms with Crippen LogP contribution in [0.25, 0.3) is 6.08 Å². The average molecular weight is 301 g/mol. The van der Waals surface area contributed by atoms with Crippen LogP contribution in [0.15, 0.2) is 17.7 Å². The van der Waals surface area contributed by atoms with Gasteiger partial charge in [0.2, 0.25) is 0 Å². The van der Waals surface area contributed by atoms with Gasteiger partial charge in [0.15, 0.2) is 12.4 Å². The Labute approximate surface area is 119 Å². The molecule has 0 bridgehead atoms. The van der Waals surface area contributed by atoms with E-state index in [0.717, 1.165) is 12.0 Å². The van der Waals surface area contributed by atoms with Gasteiger partial charge in [-0.1, -0.05) is 23.2 Å². The zero-order valence-corrected chi connectivity index (χ0v) is 11.3. The minimum atomic E-state index is -1.10. The van der Waals surface area contributed by atoms with Gasteiger partial charge in [-0.2, -0.15) is 0 Å². The Balaban J connectivity index is 2.24. The monoisotopic (exact) mass is 300 g/mol. The van der Waals surface area contributed by atoms with Gasteiger partial charge in [0.25, 0.3) is 0 Å². The van der Waals surface area contributed by atoms with E-state index < -0.39 is 12.6 Å². The second-order valence-electron chi connectivity index (χ2n) is 4.06. The van der Waals surface area contributed by atoms with E-state index in [1.807, 2.05) is 0 Å². The number of carboxylic acids is 1. The van der Waals surface area contributed by atoms with Crippen LogP contribution in [0.5, 0.6) is 5.75 Å². The van der Waals surface area contributed by atoms with Crippen molar-refractivity contribution in [1.29, 1.82) is 0 Å². The number of halogens is 2. The molecule has 1 aliphatic carbocycles. The minimum Gasteiger partial charge on any atom is -0.480 e. The molecule has 0 unspecified atom stereocenters. The summed E-state index contributed by atoms with van der Waals surface area (Å²) in [6.07, 6.45) is 3.00. The zero-order chi connectivity index (χ0) is 14.0. The van der Waals surface area contributed by atoms with Gasteiger partial charge < -0.3 is 9.84 Å². The van der Waals surface area contributed by atoms with E-state index in [1.54, 1.807) is 12.1 Å². The lowest BCUT2D eigenvalue weighted by atomic mass is 9.89. The number of carboxylic acid groups (broad SMARTS) is 1. The molecule has 0 saturated heterocycles. The topological polar surface area (TPSA) is 63.6 Å². The Bertz CT molecular complexity index is 578. The maximum absolute atomic E-state index is 11.2. The molecule has 1 aliphatic rings. The number of Topliss-reactive ketones (excluding diaryl/α,β-unsaturated/α-hetero) is 1. The van der Waals surface area contributed by atoms with Crippen LogP contribution in [0.2, 0.25) is 10.0 Å². The smallest absolute Gasteiger partial charge is 0.341 e. The molecule has 1 fully saturated rings. The summed E-state index contributed by atoms with van der Waals surface area (Å²) in [6, 6.07) is 3.18. The van der Waals surface area contributed by atoms with E-state index in [-0.39, 0.29) is 21.6 Å². The van der Waals surface area contributed by atoms with Crippen molar-refractivity contribution in [2.45, 2.75) is 12.8 Å². The lowest BCUT2D eigenvalue weighted by Crippen LogP contribution is -2.13. The third kappa shape index (κ3) is 3.08. The van der Waals surface area contributed by atoms with Crippen LogP contribution in [0, 0.1) is 0 Å². The second kappa shape index (κ2) is 5.63. The van der Waals surface area contributed by atoms with Crippen molar-refractivity contribution in [3.8, 4) is 5.75 Å². The average Bonchev–Trinajstić information content (AvgIpc) is 2.37. The number of carbonyl (C=O) groups is 2. The number of aliphatic carboxylic acids is 1. The predicted molar refractivity (Wildman–Crippen MR) is 71.8 cm³/mol. The summed E-state index contributed by atoms with van der Waals surface area (Å²) < 4.78 is 5.00. The highest BCUT2D eigenvalue weighted by molar-refractivity contribution is 6.44. The van der Waals surface area contributed by atoms with Crippen molar-refractivity contribution < 1.29 is 19.4 Å². The maximum Gasteiger partial charge on any atom is 0.341 e. The van der Waals surface area contributed by atoms with E-state index in [4.69, 9.17) is 33.0 Å². The summed E-state index contributed by atoms with van der Waals surface area (Å²) in [5.41, 5.74) is 1.34. The number of ketones is 1. The summed E-state index contributed by atoms with van der Waals surface area (Å²) >= 11 is 12.1. The Morgan fingerprint density at radius 2 is 2.05 bits per heavy atom. The zero-order valence-electron chi connectivity index (χ0n) is 9.78. The fourth-order valence-electron chi connectivity index (χ4n) is 1.62. The van der Waals surface area contributed by atoms with Gasteiger partial charge in [0, 0.05) is 6.42 Å². The SMILES string of the molecule is O=C(O)COc1ccc(/C=C2\CCC2=O)c(Cl)c1Cl. The van der Waals surface area contributed by atoms with E-state index in [2.05, 4.69) is 0 Å². The predicted octanol–water partition coefficient (Wildman–Crippen LogP) is 3.20. The quantitative estimate of drug-likeness (QED) is 0.867. The Hall–Kier alpha value is -1.52. The van der Waals surface area contributed by atoms with Gasteiger partial charge in [-0.15, -0.1) is 0 Å². The number of benzene rings is 1. The molecule has 1 saturated carbocycles. The fourth-order valence-corrected chi connectivity index (χ4v) is 2.06. The van der Waals surface area contributed by atoms with Crippen LogP contribution in [-0.2, 0) is 9.59 Å². The second-order valence-corrected chi connectivity index (χ2v) is 4.81. The molecule has 6 heteroatoms. The molecule has 4 nitrogen and oxygen atoms in total. The van der Waals surface area contributed by atoms with Crippen molar-refractivity contribution in [1.82, 2.24) is 0 Å². The van der Waals surface area contributed by atoms with Crippen LogP contribution < -0.4 is 4.74 Å². The number of ether oxygens (including phenoxy) is 1. The molecule has 0 atom stereocenters. The van der Waals surface area contributed by atoms with Gasteiger partial charge in [-0.05, 0) is 35.8 Å². The van der Waals surface area contributed by atoms with Crippen LogP contribution in [0.3, 0.4) is 0 Å². The van der Waals surface area contributed by atoms with Crippen LogP contribution in [-0.4, -0.2) is 23.5 Å². The van der Waals surface area contributed by atoms with Gasteiger partial charge >= 0.3 is 5.97 Å². The summed E-state index contributed by atoms with van der Waals surface area (Å²) in [5.74, 6) is -0.784. The molecular formula is C13H10Cl2O4. The van der Waals surface area contributed by atoms with E-state index in [9.17, 15) is 9.59 Å². The van der Waals surface area contributed by atoms with Crippen molar-refractivity contribution in [3.05, 3.63) is 33.3 Å². The highest BCUT2D eigenvalue weighted by Crippen LogP contribution is 2.36. The first kappa shape index (κ1) is 13.9. The Kier molecular flexibility index (Phi) is 4.12. The number of rotatable bonds is 4. The minimum absolute atomic E-state index is 0.110. The Morgan fingerprint density at radius 1 is 1.32 bits per heavy atom.